The summed E-state index contributed by atoms with van der Waals surface area (Å²) >= 11 is 1.22. The third-order valence-electron chi connectivity index (χ3n) is 4.50. The summed E-state index contributed by atoms with van der Waals surface area (Å²) in [5, 5.41) is 10.9. The number of carbonyl (C=O) groups is 1. The van der Waals surface area contributed by atoms with E-state index in [1.54, 1.807) is 16.8 Å². The summed E-state index contributed by atoms with van der Waals surface area (Å²) < 4.78 is 16.1. The maximum absolute atomic E-state index is 13.1. The van der Waals surface area contributed by atoms with Crippen LogP contribution in [0.4, 0.5) is 10.1 Å². The Balaban J connectivity index is 1.58. The van der Waals surface area contributed by atoms with Crippen LogP contribution < -0.4 is 10.9 Å². The van der Waals surface area contributed by atoms with E-state index in [-0.39, 0.29) is 22.9 Å². The Hall–Kier alpha value is -3.46. The predicted molar refractivity (Wildman–Crippen MR) is 114 cm³/mol. The second-order valence-electron chi connectivity index (χ2n) is 6.50. The van der Waals surface area contributed by atoms with Crippen LogP contribution in [0.1, 0.15) is 13.3 Å². The van der Waals surface area contributed by atoms with E-state index in [4.69, 9.17) is 0 Å². The quantitative estimate of drug-likeness (QED) is 0.480. The lowest BCUT2D eigenvalue weighted by molar-refractivity contribution is -0.115. The Morgan fingerprint density at radius 1 is 1.10 bits per heavy atom. The molecule has 30 heavy (non-hydrogen) atoms. The molecule has 152 valence electrons. The van der Waals surface area contributed by atoms with Gasteiger partial charge in [0.15, 0.2) is 5.16 Å². The second kappa shape index (κ2) is 8.50. The Morgan fingerprint density at radius 3 is 2.53 bits per heavy atom. The van der Waals surface area contributed by atoms with E-state index in [1.807, 2.05) is 37.3 Å². The zero-order valence-corrected chi connectivity index (χ0v) is 16.8. The molecule has 0 fully saturated rings. The van der Waals surface area contributed by atoms with E-state index in [0.29, 0.717) is 17.3 Å². The van der Waals surface area contributed by atoms with Gasteiger partial charge in [-0.05, 0) is 42.8 Å². The third-order valence-corrected chi connectivity index (χ3v) is 5.82. The molecule has 1 amide bonds. The Bertz CT molecular complexity index is 1240. The fraction of sp³-hybridized carbons (Fsp3) is 0.143. The molecule has 2 aromatic heterocycles. The average molecular weight is 423 g/mol. The highest BCUT2D eigenvalue weighted by Gasteiger charge is 2.22. The summed E-state index contributed by atoms with van der Waals surface area (Å²) in [7, 11) is 0. The van der Waals surface area contributed by atoms with Gasteiger partial charge in [-0.3, -0.25) is 18.6 Å². The highest BCUT2D eigenvalue weighted by molar-refractivity contribution is 8.00. The molecule has 0 aliphatic carbocycles. The topological polar surface area (TPSA) is 81.3 Å². The highest BCUT2D eigenvalue weighted by Crippen LogP contribution is 2.25. The van der Waals surface area contributed by atoms with Crippen LogP contribution in [-0.2, 0) is 4.79 Å². The fourth-order valence-electron chi connectivity index (χ4n) is 2.94. The minimum atomic E-state index is -0.459. The molecule has 9 heteroatoms. The van der Waals surface area contributed by atoms with Crippen molar-refractivity contribution in [2.75, 3.05) is 5.32 Å². The van der Waals surface area contributed by atoms with Crippen LogP contribution in [0.15, 0.2) is 76.9 Å². The number of nitrogens with zero attached hydrogens (tertiary/aromatic N) is 4. The number of thioether (sulfide) groups is 1. The lowest BCUT2D eigenvalue weighted by Crippen LogP contribution is -2.25. The number of para-hydroxylation sites is 1. The van der Waals surface area contributed by atoms with Gasteiger partial charge < -0.3 is 5.32 Å². The number of hydrogen-bond donors (Lipinski definition) is 1. The molecule has 2 aromatic carbocycles. The number of aromatic nitrogens is 4. The van der Waals surface area contributed by atoms with Crippen molar-refractivity contribution in [2.45, 2.75) is 23.8 Å². The van der Waals surface area contributed by atoms with Crippen LogP contribution in [-0.4, -0.2) is 30.3 Å². The Morgan fingerprint density at radius 2 is 1.83 bits per heavy atom. The lowest BCUT2D eigenvalue weighted by Gasteiger charge is -2.14. The van der Waals surface area contributed by atoms with E-state index < -0.39 is 5.25 Å². The standard InChI is InChI=1S/C21H18FN5O2S/c1-2-17(19(28)23-15-10-8-14(22)9-11-15)30-21-25-24-18-20(29)26(12-13-27(18)21)16-6-4-3-5-7-16/h3-13,17H,2H2,1H3,(H,23,28)/t17-/m0/s1. The second-order valence-corrected chi connectivity index (χ2v) is 7.67. The minimum absolute atomic E-state index is 0.178. The molecule has 0 saturated carbocycles. The van der Waals surface area contributed by atoms with Gasteiger partial charge in [-0.2, -0.15) is 0 Å². The van der Waals surface area contributed by atoms with Crippen molar-refractivity contribution in [1.82, 2.24) is 19.2 Å². The number of carbonyl (C=O) groups excluding carboxylic acids is 1. The molecule has 0 radical (unpaired) electrons. The number of anilines is 1. The van der Waals surface area contributed by atoms with Crippen molar-refractivity contribution in [3.05, 3.63) is 83.2 Å². The number of halogens is 1. The molecule has 0 aliphatic rings. The first-order chi connectivity index (χ1) is 14.6. The van der Waals surface area contributed by atoms with E-state index >= 15 is 0 Å². The van der Waals surface area contributed by atoms with Crippen molar-refractivity contribution in [2.24, 2.45) is 0 Å². The van der Waals surface area contributed by atoms with Crippen LogP contribution in [0.5, 0.6) is 0 Å². The van der Waals surface area contributed by atoms with Crippen LogP contribution in [0.2, 0.25) is 0 Å². The van der Waals surface area contributed by atoms with Gasteiger partial charge >= 0.3 is 5.56 Å². The number of amides is 1. The molecule has 0 unspecified atom stereocenters. The van der Waals surface area contributed by atoms with E-state index in [9.17, 15) is 14.0 Å². The van der Waals surface area contributed by atoms with E-state index in [2.05, 4.69) is 15.5 Å². The average Bonchev–Trinajstić information content (AvgIpc) is 3.18. The van der Waals surface area contributed by atoms with Crippen LogP contribution in [0.25, 0.3) is 11.3 Å². The summed E-state index contributed by atoms with van der Waals surface area (Å²) in [5.41, 5.74) is 1.12. The van der Waals surface area contributed by atoms with E-state index in [0.717, 1.165) is 5.69 Å². The molecule has 2 heterocycles. The molecule has 4 rings (SSSR count). The van der Waals surface area contributed by atoms with Gasteiger partial charge in [-0.1, -0.05) is 36.9 Å². The van der Waals surface area contributed by atoms with Gasteiger partial charge in [0.1, 0.15) is 5.82 Å². The molecule has 0 aliphatic heterocycles. The van der Waals surface area contributed by atoms with Crippen molar-refractivity contribution in [3.8, 4) is 5.69 Å². The minimum Gasteiger partial charge on any atom is -0.325 e. The van der Waals surface area contributed by atoms with Gasteiger partial charge in [-0.25, -0.2) is 4.39 Å². The molecular formula is C21H18FN5O2S. The predicted octanol–water partition coefficient (Wildman–Crippen LogP) is 3.53. The van der Waals surface area contributed by atoms with Crippen molar-refractivity contribution >= 4 is 29.0 Å². The van der Waals surface area contributed by atoms with Crippen LogP contribution >= 0.6 is 11.8 Å². The first-order valence-electron chi connectivity index (χ1n) is 9.31. The molecule has 7 nitrogen and oxygen atoms in total. The SMILES string of the molecule is CC[C@H](Sc1nnc2c(=O)n(-c3ccccc3)ccn12)C(=O)Nc1ccc(F)cc1. The molecule has 0 saturated heterocycles. The Kier molecular flexibility index (Phi) is 5.62. The molecule has 1 N–H and O–H groups in total. The zero-order valence-electron chi connectivity index (χ0n) is 16.0. The molecular weight excluding hydrogens is 405 g/mol. The summed E-state index contributed by atoms with van der Waals surface area (Å²) in [6.07, 6.45) is 3.89. The molecule has 1 atom stereocenters. The Labute approximate surface area is 175 Å². The van der Waals surface area contributed by atoms with Crippen molar-refractivity contribution < 1.29 is 9.18 Å². The van der Waals surface area contributed by atoms with Crippen molar-refractivity contribution in [1.29, 1.82) is 0 Å². The lowest BCUT2D eigenvalue weighted by atomic mass is 10.2. The first kappa shape index (κ1) is 19.8. The molecule has 0 bridgehead atoms. The molecule has 4 aromatic rings. The van der Waals surface area contributed by atoms with Gasteiger partial charge in [0, 0.05) is 23.8 Å². The van der Waals surface area contributed by atoms with Crippen molar-refractivity contribution in [3.63, 3.8) is 0 Å². The maximum Gasteiger partial charge on any atom is 0.300 e. The number of nitrogens with one attached hydrogen (secondary N) is 1. The molecule has 0 spiro atoms. The maximum atomic E-state index is 13.1. The van der Waals surface area contributed by atoms with Gasteiger partial charge in [-0.15, -0.1) is 10.2 Å². The van der Waals surface area contributed by atoms with Gasteiger partial charge in [0.05, 0.1) is 5.25 Å². The summed E-state index contributed by atoms with van der Waals surface area (Å²) in [5.74, 6) is -0.603. The van der Waals surface area contributed by atoms with E-state index in [1.165, 1.54) is 40.6 Å². The van der Waals surface area contributed by atoms with Crippen LogP contribution in [0, 0.1) is 5.82 Å². The summed E-state index contributed by atoms with van der Waals surface area (Å²) in [4.78, 5) is 25.5. The third kappa shape index (κ3) is 3.97. The highest BCUT2D eigenvalue weighted by atomic mass is 32.2. The summed E-state index contributed by atoms with van der Waals surface area (Å²) in [6.45, 7) is 1.88. The monoisotopic (exact) mass is 423 g/mol. The number of fused-ring (bicyclic) bond motifs is 1. The number of benzene rings is 2. The van der Waals surface area contributed by atoms with Gasteiger partial charge in [0.25, 0.3) is 0 Å². The first-order valence-corrected chi connectivity index (χ1v) is 10.2. The number of rotatable bonds is 6. The zero-order chi connectivity index (χ0) is 21.1. The normalized spacial score (nSPS) is 12.1. The smallest absolute Gasteiger partial charge is 0.300 e. The van der Waals surface area contributed by atoms with Gasteiger partial charge in [0.2, 0.25) is 11.6 Å². The summed E-state index contributed by atoms with van der Waals surface area (Å²) in [6, 6.07) is 14.8. The fourth-order valence-corrected chi connectivity index (χ4v) is 3.88. The largest absolute Gasteiger partial charge is 0.325 e. The van der Waals surface area contributed by atoms with Crippen LogP contribution in [0.3, 0.4) is 0 Å². The number of hydrogen-bond acceptors (Lipinski definition) is 5.